The first-order chi connectivity index (χ1) is 8.99. The van der Waals surface area contributed by atoms with E-state index in [1.165, 1.54) is 16.7 Å². The summed E-state index contributed by atoms with van der Waals surface area (Å²) in [5.41, 5.74) is 0. The summed E-state index contributed by atoms with van der Waals surface area (Å²) in [6, 6.07) is -1.06. The first kappa shape index (κ1) is 15.7. The fourth-order valence-corrected chi connectivity index (χ4v) is 3.44. The van der Waals surface area contributed by atoms with Gasteiger partial charge in [0, 0.05) is 18.7 Å². The van der Waals surface area contributed by atoms with Crippen LogP contribution < -0.4 is 5.32 Å². The summed E-state index contributed by atoms with van der Waals surface area (Å²) < 4.78 is 0. The number of nitrogens with one attached hydrogen (secondary N) is 1. The summed E-state index contributed by atoms with van der Waals surface area (Å²) >= 11 is 1.52. The molecule has 106 valence electrons. The number of carboxylic acids is 1. The van der Waals surface area contributed by atoms with Gasteiger partial charge < -0.3 is 10.4 Å². The van der Waals surface area contributed by atoms with E-state index in [1.54, 1.807) is 0 Å². The number of terminal acetylenes is 1. The highest BCUT2D eigenvalue weighted by Gasteiger charge is 2.42. The second-order valence-corrected chi connectivity index (χ2v) is 5.92. The maximum Gasteiger partial charge on any atom is 0.327 e. The number of aliphatic carboxylic acids is 1. The Morgan fingerprint density at radius 1 is 1.58 bits per heavy atom. The summed E-state index contributed by atoms with van der Waals surface area (Å²) in [6.45, 7) is 4.45. The molecule has 1 heterocycles. The van der Waals surface area contributed by atoms with E-state index in [1.807, 2.05) is 13.8 Å². The van der Waals surface area contributed by atoms with Crippen LogP contribution in [0.25, 0.3) is 0 Å². The molecular formula is C13H20N2O3S. The number of rotatable bonds is 5. The average molecular weight is 284 g/mol. The van der Waals surface area contributed by atoms with E-state index in [-0.39, 0.29) is 17.3 Å². The van der Waals surface area contributed by atoms with Crippen LogP contribution in [0.2, 0.25) is 0 Å². The number of carbonyl (C=O) groups is 2. The third-order valence-electron chi connectivity index (χ3n) is 2.90. The Bertz CT molecular complexity index is 379. The molecule has 5 nitrogen and oxygen atoms in total. The molecule has 0 radical (unpaired) electrons. The Balaban J connectivity index is 2.65. The molecule has 0 aromatic heterocycles. The Kier molecular flexibility index (Phi) is 6.03. The number of nitrogens with zero attached hydrogens (tertiary/aromatic N) is 1. The molecule has 2 atom stereocenters. The van der Waals surface area contributed by atoms with Crippen molar-refractivity contribution in [2.24, 2.45) is 5.92 Å². The Morgan fingerprint density at radius 3 is 2.79 bits per heavy atom. The first-order valence-electron chi connectivity index (χ1n) is 6.33. The van der Waals surface area contributed by atoms with Gasteiger partial charge in [0.25, 0.3) is 0 Å². The molecule has 0 saturated carbocycles. The monoisotopic (exact) mass is 284 g/mol. The summed E-state index contributed by atoms with van der Waals surface area (Å²) in [4.78, 5) is 24.8. The lowest BCUT2D eigenvalue weighted by Gasteiger charge is -2.29. The van der Waals surface area contributed by atoms with Crippen LogP contribution in [0.4, 0.5) is 4.79 Å². The van der Waals surface area contributed by atoms with Gasteiger partial charge in [0.15, 0.2) is 0 Å². The highest BCUT2D eigenvalue weighted by atomic mass is 32.2. The molecule has 19 heavy (non-hydrogen) atoms. The van der Waals surface area contributed by atoms with E-state index in [0.717, 1.165) is 0 Å². The SMILES string of the molecule is C#CCCCNC(=O)N1C(C(=O)O)CSC1C(C)C. The van der Waals surface area contributed by atoms with Gasteiger partial charge in [-0.05, 0) is 12.3 Å². The van der Waals surface area contributed by atoms with Gasteiger partial charge in [-0.15, -0.1) is 24.1 Å². The van der Waals surface area contributed by atoms with Gasteiger partial charge in [-0.1, -0.05) is 13.8 Å². The van der Waals surface area contributed by atoms with Crippen LogP contribution >= 0.6 is 11.8 Å². The molecule has 1 fully saturated rings. The molecule has 2 N–H and O–H groups in total. The molecule has 6 heteroatoms. The first-order valence-corrected chi connectivity index (χ1v) is 7.38. The lowest BCUT2D eigenvalue weighted by atomic mass is 10.1. The van der Waals surface area contributed by atoms with Crippen molar-refractivity contribution in [3.05, 3.63) is 0 Å². The highest BCUT2D eigenvalue weighted by molar-refractivity contribution is 8.00. The second kappa shape index (κ2) is 7.29. The van der Waals surface area contributed by atoms with E-state index in [2.05, 4.69) is 11.2 Å². The third-order valence-corrected chi connectivity index (χ3v) is 4.52. The van der Waals surface area contributed by atoms with Crippen molar-refractivity contribution in [3.63, 3.8) is 0 Å². The van der Waals surface area contributed by atoms with Gasteiger partial charge in [-0.3, -0.25) is 4.90 Å². The van der Waals surface area contributed by atoms with Crippen molar-refractivity contribution in [1.82, 2.24) is 10.2 Å². The number of unbranched alkanes of at least 4 members (excludes halogenated alkanes) is 1. The quantitative estimate of drug-likeness (QED) is 0.594. The summed E-state index contributed by atoms with van der Waals surface area (Å²) in [7, 11) is 0. The number of hydrogen-bond acceptors (Lipinski definition) is 3. The van der Waals surface area contributed by atoms with Gasteiger partial charge in [-0.2, -0.15) is 0 Å². The Labute approximate surface area is 118 Å². The summed E-state index contributed by atoms with van der Waals surface area (Å²) in [5.74, 6) is 2.21. The van der Waals surface area contributed by atoms with Crippen LogP contribution in [0, 0.1) is 18.3 Å². The maximum absolute atomic E-state index is 12.1. The van der Waals surface area contributed by atoms with Crippen molar-refractivity contribution in [1.29, 1.82) is 0 Å². The number of thioether (sulfide) groups is 1. The van der Waals surface area contributed by atoms with Crippen LogP contribution in [0.15, 0.2) is 0 Å². The molecular weight excluding hydrogens is 264 g/mol. The zero-order valence-electron chi connectivity index (χ0n) is 11.3. The molecule has 0 spiro atoms. The summed E-state index contributed by atoms with van der Waals surface area (Å²) in [5, 5.41) is 11.8. The average Bonchev–Trinajstić information content (AvgIpc) is 2.79. The van der Waals surface area contributed by atoms with Crippen LogP contribution in [0.3, 0.4) is 0 Å². The lowest BCUT2D eigenvalue weighted by molar-refractivity contribution is -0.141. The van der Waals surface area contributed by atoms with Gasteiger partial charge in [0.05, 0.1) is 5.37 Å². The fourth-order valence-electron chi connectivity index (χ4n) is 1.97. The maximum atomic E-state index is 12.1. The molecule has 2 unspecified atom stereocenters. The highest BCUT2D eigenvalue weighted by Crippen LogP contribution is 2.33. The van der Waals surface area contributed by atoms with Crippen molar-refractivity contribution < 1.29 is 14.7 Å². The zero-order valence-corrected chi connectivity index (χ0v) is 12.1. The minimum Gasteiger partial charge on any atom is -0.480 e. The van der Waals surface area contributed by atoms with Crippen LogP contribution in [-0.4, -0.2) is 45.7 Å². The molecule has 1 rings (SSSR count). The Morgan fingerprint density at radius 2 is 2.26 bits per heavy atom. The van der Waals surface area contributed by atoms with E-state index in [9.17, 15) is 14.7 Å². The summed E-state index contributed by atoms with van der Waals surface area (Å²) in [6.07, 6.45) is 6.44. The fraction of sp³-hybridized carbons (Fsp3) is 0.692. The molecule has 0 aliphatic carbocycles. The normalized spacial score (nSPS) is 22.3. The van der Waals surface area contributed by atoms with Gasteiger partial charge in [0.1, 0.15) is 6.04 Å². The van der Waals surface area contributed by atoms with Crippen molar-refractivity contribution in [2.45, 2.75) is 38.1 Å². The smallest absolute Gasteiger partial charge is 0.327 e. The standard InChI is InChI=1S/C13H20N2O3S/c1-4-5-6-7-14-13(18)15-10(12(16)17)8-19-11(15)9(2)3/h1,9-11H,5-8H2,2-3H3,(H,14,18)(H,16,17). The minimum atomic E-state index is -0.950. The number of carbonyl (C=O) groups excluding carboxylic acids is 1. The van der Waals surface area contributed by atoms with Crippen molar-refractivity contribution in [2.75, 3.05) is 12.3 Å². The zero-order chi connectivity index (χ0) is 14.4. The molecule has 2 amide bonds. The molecule has 0 aromatic carbocycles. The minimum absolute atomic E-state index is 0.0891. The molecule has 1 saturated heterocycles. The molecule has 1 aliphatic heterocycles. The largest absolute Gasteiger partial charge is 0.480 e. The third kappa shape index (κ3) is 4.06. The predicted molar refractivity (Wildman–Crippen MR) is 75.8 cm³/mol. The van der Waals surface area contributed by atoms with Crippen LogP contribution in [0.5, 0.6) is 0 Å². The van der Waals surface area contributed by atoms with Crippen LogP contribution in [-0.2, 0) is 4.79 Å². The molecule has 1 aliphatic rings. The lowest BCUT2D eigenvalue weighted by Crippen LogP contribution is -2.51. The second-order valence-electron chi connectivity index (χ2n) is 4.77. The predicted octanol–water partition coefficient (Wildman–Crippen LogP) is 1.59. The van der Waals surface area contributed by atoms with E-state index >= 15 is 0 Å². The van der Waals surface area contributed by atoms with Gasteiger partial charge >= 0.3 is 12.0 Å². The van der Waals surface area contributed by atoms with Gasteiger partial charge in [0.2, 0.25) is 0 Å². The Hall–Kier alpha value is -1.35. The number of carboxylic acid groups (broad SMARTS) is 1. The van der Waals surface area contributed by atoms with Crippen molar-refractivity contribution >= 4 is 23.8 Å². The van der Waals surface area contributed by atoms with Crippen LogP contribution in [0.1, 0.15) is 26.7 Å². The number of amides is 2. The molecule has 0 bridgehead atoms. The molecule has 0 aromatic rings. The van der Waals surface area contributed by atoms with E-state index in [0.29, 0.717) is 25.1 Å². The number of urea groups is 1. The number of hydrogen-bond donors (Lipinski definition) is 2. The van der Waals surface area contributed by atoms with Crippen molar-refractivity contribution in [3.8, 4) is 12.3 Å². The van der Waals surface area contributed by atoms with E-state index < -0.39 is 12.0 Å². The van der Waals surface area contributed by atoms with E-state index in [4.69, 9.17) is 6.42 Å². The van der Waals surface area contributed by atoms with Gasteiger partial charge in [-0.25, -0.2) is 9.59 Å². The topological polar surface area (TPSA) is 69.6 Å².